The van der Waals surface area contributed by atoms with Crippen LogP contribution in [0.4, 0.5) is 0 Å². The van der Waals surface area contributed by atoms with Gasteiger partial charge in [0.25, 0.3) is 0 Å². The zero-order valence-corrected chi connectivity index (χ0v) is 7.22. The van der Waals surface area contributed by atoms with Crippen LogP contribution in [0.25, 0.3) is 0 Å². The second-order valence-electron chi connectivity index (χ2n) is 1.63. The minimum atomic E-state index is -0.696. The summed E-state index contributed by atoms with van der Waals surface area (Å²) in [6, 6.07) is 0. The quantitative estimate of drug-likeness (QED) is 0.437. The van der Waals surface area contributed by atoms with Crippen LogP contribution in [-0.4, -0.2) is 17.7 Å². The first-order valence-corrected chi connectivity index (χ1v) is 3.80. The van der Waals surface area contributed by atoms with Gasteiger partial charge in [0.2, 0.25) is 5.76 Å². The standard InChI is InChI=1S/C6H9BrO3/c1-2-3-10-6(9)5(8)4-7/h4,8H,2-3H2,1H3. The summed E-state index contributed by atoms with van der Waals surface area (Å²) in [5.74, 6) is -1.10. The normalized spacial score (nSPS) is 11.2. The lowest BCUT2D eigenvalue weighted by Gasteiger charge is -1.99. The summed E-state index contributed by atoms with van der Waals surface area (Å²) < 4.78 is 4.56. The number of carbonyl (C=O) groups is 1. The van der Waals surface area contributed by atoms with E-state index in [2.05, 4.69) is 20.7 Å². The van der Waals surface area contributed by atoms with Gasteiger partial charge < -0.3 is 9.84 Å². The van der Waals surface area contributed by atoms with E-state index in [4.69, 9.17) is 5.11 Å². The molecule has 3 nitrogen and oxygen atoms in total. The highest BCUT2D eigenvalue weighted by Gasteiger charge is 2.05. The van der Waals surface area contributed by atoms with Crippen molar-refractivity contribution in [2.75, 3.05) is 6.61 Å². The van der Waals surface area contributed by atoms with E-state index in [0.29, 0.717) is 6.61 Å². The molecule has 4 heteroatoms. The van der Waals surface area contributed by atoms with Crippen LogP contribution in [0.5, 0.6) is 0 Å². The Morgan fingerprint density at radius 1 is 1.80 bits per heavy atom. The Kier molecular flexibility index (Phi) is 5.02. The van der Waals surface area contributed by atoms with Gasteiger partial charge in [-0.2, -0.15) is 0 Å². The largest absolute Gasteiger partial charge is 0.501 e. The van der Waals surface area contributed by atoms with Crippen LogP contribution in [0.15, 0.2) is 10.7 Å². The summed E-state index contributed by atoms with van der Waals surface area (Å²) in [5, 5.41) is 8.69. The molecule has 0 fully saturated rings. The highest BCUT2D eigenvalue weighted by atomic mass is 79.9. The van der Waals surface area contributed by atoms with Gasteiger partial charge in [-0.3, -0.25) is 0 Å². The summed E-state index contributed by atoms with van der Waals surface area (Å²) in [6.45, 7) is 2.21. The van der Waals surface area contributed by atoms with Gasteiger partial charge in [0.1, 0.15) is 0 Å². The van der Waals surface area contributed by atoms with Gasteiger partial charge in [-0.25, -0.2) is 4.79 Å². The second kappa shape index (κ2) is 5.29. The Bertz CT molecular complexity index is 142. The predicted molar refractivity (Wildman–Crippen MR) is 40.9 cm³/mol. The smallest absolute Gasteiger partial charge is 0.373 e. The fourth-order valence-electron chi connectivity index (χ4n) is 0.313. The van der Waals surface area contributed by atoms with Crippen molar-refractivity contribution in [3.63, 3.8) is 0 Å². The fraction of sp³-hybridized carbons (Fsp3) is 0.500. The number of esters is 1. The Hall–Kier alpha value is -0.510. The maximum absolute atomic E-state index is 10.6. The van der Waals surface area contributed by atoms with Crippen LogP contribution < -0.4 is 0 Å². The highest BCUT2D eigenvalue weighted by Crippen LogP contribution is 1.97. The van der Waals surface area contributed by atoms with Gasteiger partial charge in [-0.15, -0.1) is 0 Å². The number of aliphatic hydroxyl groups is 1. The van der Waals surface area contributed by atoms with E-state index in [1.807, 2.05) is 6.92 Å². The maximum atomic E-state index is 10.6. The van der Waals surface area contributed by atoms with Crippen LogP contribution in [0.2, 0.25) is 0 Å². The Morgan fingerprint density at radius 3 is 2.80 bits per heavy atom. The van der Waals surface area contributed by atoms with E-state index < -0.39 is 11.7 Å². The molecule has 0 saturated heterocycles. The van der Waals surface area contributed by atoms with E-state index in [-0.39, 0.29) is 0 Å². The Balaban J connectivity index is 3.63. The van der Waals surface area contributed by atoms with Crippen LogP contribution in [-0.2, 0) is 9.53 Å². The molecular weight excluding hydrogens is 200 g/mol. The molecule has 0 spiro atoms. The second-order valence-corrected chi connectivity index (χ2v) is 2.09. The van der Waals surface area contributed by atoms with E-state index in [9.17, 15) is 4.79 Å². The molecule has 0 heterocycles. The average molecular weight is 209 g/mol. The molecule has 0 aliphatic carbocycles. The van der Waals surface area contributed by atoms with Crippen LogP contribution in [0.3, 0.4) is 0 Å². The van der Waals surface area contributed by atoms with Crippen molar-refractivity contribution >= 4 is 21.9 Å². The van der Waals surface area contributed by atoms with Crippen LogP contribution in [0, 0.1) is 0 Å². The first-order chi connectivity index (χ1) is 4.72. The maximum Gasteiger partial charge on any atom is 0.373 e. The van der Waals surface area contributed by atoms with Crippen molar-refractivity contribution in [1.29, 1.82) is 0 Å². The molecule has 0 rings (SSSR count). The minimum absolute atomic E-state index is 0.337. The summed E-state index contributed by atoms with van der Waals surface area (Å²) in [5.41, 5.74) is 0. The third-order valence-electron chi connectivity index (χ3n) is 0.750. The first-order valence-electron chi connectivity index (χ1n) is 2.88. The number of aliphatic hydroxyl groups excluding tert-OH is 1. The lowest BCUT2D eigenvalue weighted by atomic mass is 10.5. The number of rotatable bonds is 3. The molecule has 0 amide bonds. The first kappa shape index (κ1) is 9.49. The molecule has 0 aliphatic rings. The van der Waals surface area contributed by atoms with Crippen molar-refractivity contribution in [2.45, 2.75) is 13.3 Å². The molecule has 0 radical (unpaired) electrons. The molecule has 0 aromatic carbocycles. The summed E-state index contributed by atoms with van der Waals surface area (Å²) in [6.07, 6.45) is 0.751. The Labute approximate surface area is 67.8 Å². The van der Waals surface area contributed by atoms with Gasteiger partial charge >= 0.3 is 5.97 Å². The molecule has 0 unspecified atom stereocenters. The third-order valence-corrected chi connectivity index (χ3v) is 1.18. The molecule has 0 aromatic heterocycles. The van der Waals surface area contributed by atoms with E-state index in [0.717, 1.165) is 11.4 Å². The van der Waals surface area contributed by atoms with Gasteiger partial charge in [0.05, 0.1) is 6.61 Å². The number of carbonyl (C=O) groups excluding carboxylic acids is 1. The molecular formula is C6H9BrO3. The van der Waals surface area contributed by atoms with Crippen molar-refractivity contribution in [3.05, 3.63) is 10.7 Å². The summed E-state index contributed by atoms with van der Waals surface area (Å²) in [7, 11) is 0. The molecule has 0 saturated carbocycles. The monoisotopic (exact) mass is 208 g/mol. The summed E-state index contributed by atoms with van der Waals surface area (Å²) >= 11 is 2.79. The average Bonchev–Trinajstić information content (AvgIpc) is 1.98. The fourth-order valence-corrected chi connectivity index (χ4v) is 0.500. The van der Waals surface area contributed by atoms with E-state index in [1.54, 1.807) is 0 Å². The number of hydrogen-bond acceptors (Lipinski definition) is 3. The van der Waals surface area contributed by atoms with Gasteiger partial charge in [-0.05, 0) is 6.42 Å². The van der Waals surface area contributed by atoms with Crippen molar-refractivity contribution in [1.82, 2.24) is 0 Å². The molecule has 0 atom stereocenters. The van der Waals surface area contributed by atoms with Crippen molar-refractivity contribution in [3.8, 4) is 0 Å². The minimum Gasteiger partial charge on any atom is -0.501 e. The van der Waals surface area contributed by atoms with Crippen LogP contribution >= 0.6 is 15.9 Å². The van der Waals surface area contributed by atoms with E-state index >= 15 is 0 Å². The lowest BCUT2D eigenvalue weighted by molar-refractivity contribution is -0.142. The van der Waals surface area contributed by atoms with Crippen molar-refractivity contribution in [2.24, 2.45) is 0 Å². The molecule has 10 heavy (non-hydrogen) atoms. The van der Waals surface area contributed by atoms with E-state index in [1.165, 1.54) is 0 Å². The Morgan fingerprint density at radius 2 is 2.40 bits per heavy atom. The number of ether oxygens (including phenoxy) is 1. The van der Waals surface area contributed by atoms with Crippen LogP contribution in [0.1, 0.15) is 13.3 Å². The van der Waals surface area contributed by atoms with Gasteiger partial charge in [-0.1, -0.05) is 22.9 Å². The summed E-state index contributed by atoms with van der Waals surface area (Å²) in [4.78, 5) is 11.7. The molecule has 58 valence electrons. The lowest BCUT2D eigenvalue weighted by Crippen LogP contribution is -2.07. The number of halogens is 1. The van der Waals surface area contributed by atoms with Crippen molar-refractivity contribution < 1.29 is 14.6 Å². The highest BCUT2D eigenvalue weighted by molar-refractivity contribution is 9.11. The third kappa shape index (κ3) is 3.50. The number of hydrogen-bond donors (Lipinski definition) is 1. The molecule has 0 aromatic rings. The van der Waals surface area contributed by atoms with Gasteiger partial charge in [0.15, 0.2) is 0 Å². The zero-order chi connectivity index (χ0) is 7.98. The molecule has 0 aliphatic heterocycles. The predicted octanol–water partition coefficient (Wildman–Crippen LogP) is 1.73. The van der Waals surface area contributed by atoms with Gasteiger partial charge in [0, 0.05) is 4.99 Å². The zero-order valence-electron chi connectivity index (χ0n) is 5.63. The SMILES string of the molecule is CCCOC(=O)C(O)=CBr. The molecule has 0 bridgehead atoms. The topological polar surface area (TPSA) is 46.5 Å². The molecule has 1 N–H and O–H groups in total.